The second kappa shape index (κ2) is 6.35. The molecule has 0 unspecified atom stereocenters. The number of nitrogens with zero attached hydrogens (tertiary/aromatic N) is 5. The van der Waals surface area contributed by atoms with Crippen molar-refractivity contribution >= 4 is 11.7 Å². The van der Waals surface area contributed by atoms with Crippen molar-refractivity contribution in [2.75, 3.05) is 11.9 Å². The first-order chi connectivity index (χ1) is 11.3. The molecule has 3 rings (SSSR count). The molecule has 130 valence electrons. The van der Waals surface area contributed by atoms with Crippen LogP contribution in [0.5, 0.6) is 0 Å². The van der Waals surface area contributed by atoms with Gasteiger partial charge in [0.25, 0.3) is 0 Å². The van der Waals surface area contributed by atoms with Crippen molar-refractivity contribution < 1.29 is 4.79 Å². The van der Waals surface area contributed by atoms with E-state index in [2.05, 4.69) is 46.6 Å². The van der Waals surface area contributed by atoms with Gasteiger partial charge in [-0.05, 0) is 6.42 Å². The fourth-order valence-electron chi connectivity index (χ4n) is 2.78. The predicted molar refractivity (Wildman–Crippen MR) is 90.7 cm³/mol. The Morgan fingerprint density at radius 1 is 1.42 bits per heavy atom. The molecule has 0 aromatic carbocycles. The smallest absolute Gasteiger partial charge is 0.239 e. The standard InChI is InChI=1S/C16H25N7O/c1-16(2,3)12-7-14(22(4)21-12)20-15(24)8-17-11-5-6-13-18-10-19-23(13)9-11/h7,10-11,17H,5-6,8-9H2,1-4H3,(H,20,24)/t11-/m1/s1. The third kappa shape index (κ3) is 3.64. The second-order valence-electron chi connectivity index (χ2n) is 7.31. The van der Waals surface area contributed by atoms with Gasteiger partial charge in [-0.15, -0.1) is 0 Å². The van der Waals surface area contributed by atoms with Crippen LogP contribution in [0.3, 0.4) is 0 Å². The van der Waals surface area contributed by atoms with E-state index < -0.39 is 0 Å². The van der Waals surface area contributed by atoms with Gasteiger partial charge in [-0.1, -0.05) is 20.8 Å². The summed E-state index contributed by atoms with van der Waals surface area (Å²) in [5, 5.41) is 14.9. The Morgan fingerprint density at radius 2 is 2.21 bits per heavy atom. The van der Waals surface area contributed by atoms with Crippen molar-refractivity contribution in [2.45, 2.75) is 51.6 Å². The minimum atomic E-state index is -0.0668. The summed E-state index contributed by atoms with van der Waals surface area (Å²) in [4.78, 5) is 16.4. The lowest BCUT2D eigenvalue weighted by molar-refractivity contribution is -0.115. The number of hydrogen-bond donors (Lipinski definition) is 2. The fourth-order valence-corrected chi connectivity index (χ4v) is 2.78. The zero-order valence-electron chi connectivity index (χ0n) is 14.7. The average molecular weight is 331 g/mol. The molecule has 8 nitrogen and oxygen atoms in total. The van der Waals surface area contributed by atoms with Crippen LogP contribution in [0.2, 0.25) is 0 Å². The minimum Gasteiger partial charge on any atom is -0.310 e. The minimum absolute atomic E-state index is 0.0450. The first-order valence-corrected chi connectivity index (χ1v) is 8.27. The maximum Gasteiger partial charge on any atom is 0.239 e. The van der Waals surface area contributed by atoms with Crippen molar-refractivity contribution in [3.63, 3.8) is 0 Å². The number of rotatable bonds is 4. The van der Waals surface area contributed by atoms with Crippen molar-refractivity contribution in [1.29, 1.82) is 0 Å². The highest BCUT2D eigenvalue weighted by Crippen LogP contribution is 2.23. The summed E-state index contributed by atoms with van der Waals surface area (Å²) in [6.07, 6.45) is 3.43. The van der Waals surface area contributed by atoms with Crippen molar-refractivity contribution in [3.8, 4) is 0 Å². The molecule has 2 aromatic heterocycles. The Morgan fingerprint density at radius 3 is 2.92 bits per heavy atom. The third-order valence-corrected chi connectivity index (χ3v) is 4.27. The van der Waals surface area contributed by atoms with Crippen LogP contribution in [0.15, 0.2) is 12.4 Å². The van der Waals surface area contributed by atoms with E-state index in [9.17, 15) is 4.79 Å². The molecule has 2 N–H and O–H groups in total. The number of aryl methyl sites for hydroxylation is 2. The van der Waals surface area contributed by atoms with E-state index in [1.54, 1.807) is 11.0 Å². The fraction of sp³-hybridized carbons (Fsp3) is 0.625. The van der Waals surface area contributed by atoms with Gasteiger partial charge in [-0.3, -0.25) is 9.48 Å². The SMILES string of the molecule is Cn1nc(C(C)(C)C)cc1NC(=O)CN[C@@H]1CCc2ncnn2C1. The summed E-state index contributed by atoms with van der Waals surface area (Å²) in [7, 11) is 1.84. The molecule has 0 saturated carbocycles. The molecule has 1 aliphatic rings. The van der Waals surface area contributed by atoms with Crippen LogP contribution in [0, 0.1) is 0 Å². The van der Waals surface area contributed by atoms with E-state index in [4.69, 9.17) is 0 Å². The summed E-state index contributed by atoms with van der Waals surface area (Å²) >= 11 is 0. The molecule has 0 aliphatic carbocycles. The number of nitrogens with one attached hydrogen (secondary N) is 2. The van der Waals surface area contributed by atoms with Crippen molar-refractivity contribution in [1.82, 2.24) is 29.9 Å². The number of aromatic nitrogens is 5. The third-order valence-electron chi connectivity index (χ3n) is 4.27. The lowest BCUT2D eigenvalue weighted by atomic mass is 9.92. The Labute approximate surface area is 141 Å². The highest BCUT2D eigenvalue weighted by atomic mass is 16.2. The maximum atomic E-state index is 12.2. The van der Waals surface area contributed by atoms with Gasteiger partial charge in [0.05, 0.1) is 18.8 Å². The Balaban J connectivity index is 1.52. The normalized spacial score (nSPS) is 17.6. The molecule has 2 aromatic rings. The quantitative estimate of drug-likeness (QED) is 0.867. The molecular weight excluding hydrogens is 306 g/mol. The van der Waals surface area contributed by atoms with Gasteiger partial charge in [-0.25, -0.2) is 9.67 Å². The maximum absolute atomic E-state index is 12.2. The van der Waals surface area contributed by atoms with Crippen LogP contribution in [0.4, 0.5) is 5.82 Å². The van der Waals surface area contributed by atoms with E-state index in [0.717, 1.165) is 30.9 Å². The van der Waals surface area contributed by atoms with Gasteiger partial charge in [0, 0.05) is 31.0 Å². The lowest BCUT2D eigenvalue weighted by Crippen LogP contribution is -2.41. The predicted octanol–water partition coefficient (Wildman–Crippen LogP) is 0.852. The number of anilines is 1. The Hall–Kier alpha value is -2.22. The molecule has 0 fully saturated rings. The molecule has 0 saturated heterocycles. The van der Waals surface area contributed by atoms with E-state index >= 15 is 0 Å². The number of carbonyl (C=O) groups excluding carboxylic acids is 1. The van der Waals surface area contributed by atoms with Gasteiger partial charge in [-0.2, -0.15) is 10.2 Å². The van der Waals surface area contributed by atoms with Gasteiger partial charge >= 0.3 is 0 Å². The van der Waals surface area contributed by atoms with E-state index in [0.29, 0.717) is 5.82 Å². The zero-order chi connectivity index (χ0) is 17.3. The highest BCUT2D eigenvalue weighted by molar-refractivity contribution is 5.91. The molecule has 0 bridgehead atoms. The molecule has 3 heterocycles. The van der Waals surface area contributed by atoms with Gasteiger partial charge in [0.15, 0.2) is 0 Å². The van der Waals surface area contributed by atoms with Crippen LogP contribution >= 0.6 is 0 Å². The van der Waals surface area contributed by atoms with E-state index in [1.165, 1.54) is 0 Å². The van der Waals surface area contributed by atoms with E-state index in [-0.39, 0.29) is 23.9 Å². The largest absolute Gasteiger partial charge is 0.310 e. The summed E-state index contributed by atoms with van der Waals surface area (Å²) in [5.41, 5.74) is 0.913. The zero-order valence-corrected chi connectivity index (χ0v) is 14.7. The van der Waals surface area contributed by atoms with Crippen molar-refractivity contribution in [2.24, 2.45) is 7.05 Å². The average Bonchev–Trinajstić information content (AvgIpc) is 3.11. The van der Waals surface area contributed by atoms with Crippen molar-refractivity contribution in [3.05, 3.63) is 23.9 Å². The molecular formula is C16H25N7O. The molecule has 1 aliphatic heterocycles. The first-order valence-electron chi connectivity index (χ1n) is 8.27. The molecule has 0 spiro atoms. The second-order valence-corrected chi connectivity index (χ2v) is 7.31. The lowest BCUT2D eigenvalue weighted by Gasteiger charge is -2.23. The summed E-state index contributed by atoms with van der Waals surface area (Å²) in [6, 6.07) is 2.17. The van der Waals surface area contributed by atoms with Crippen LogP contribution in [-0.2, 0) is 30.2 Å². The van der Waals surface area contributed by atoms with E-state index in [1.807, 2.05) is 17.8 Å². The molecule has 1 amide bonds. The molecule has 8 heteroatoms. The Bertz CT molecular complexity index is 725. The van der Waals surface area contributed by atoms with Crippen LogP contribution in [0.1, 0.15) is 38.7 Å². The molecule has 24 heavy (non-hydrogen) atoms. The Kier molecular flexibility index (Phi) is 4.40. The first kappa shape index (κ1) is 16.6. The summed E-state index contributed by atoms with van der Waals surface area (Å²) in [6.45, 7) is 7.32. The van der Waals surface area contributed by atoms with Crippen LogP contribution in [0.25, 0.3) is 0 Å². The van der Waals surface area contributed by atoms with Gasteiger partial charge in [0.1, 0.15) is 18.0 Å². The van der Waals surface area contributed by atoms with Crippen LogP contribution in [-0.4, -0.2) is 43.0 Å². The highest BCUT2D eigenvalue weighted by Gasteiger charge is 2.21. The topological polar surface area (TPSA) is 89.7 Å². The monoisotopic (exact) mass is 331 g/mol. The van der Waals surface area contributed by atoms with Crippen LogP contribution < -0.4 is 10.6 Å². The number of hydrogen-bond acceptors (Lipinski definition) is 5. The summed E-state index contributed by atoms with van der Waals surface area (Å²) in [5.74, 6) is 1.67. The van der Waals surface area contributed by atoms with Gasteiger partial charge in [0.2, 0.25) is 5.91 Å². The number of fused-ring (bicyclic) bond motifs is 1. The molecule has 1 atom stereocenters. The number of amides is 1. The summed E-state index contributed by atoms with van der Waals surface area (Å²) < 4.78 is 3.61. The molecule has 0 radical (unpaired) electrons. The number of carbonyl (C=O) groups is 1. The van der Waals surface area contributed by atoms with Gasteiger partial charge < -0.3 is 10.6 Å².